The lowest BCUT2D eigenvalue weighted by molar-refractivity contribution is -0.123. The van der Waals surface area contributed by atoms with Crippen LogP contribution in [0.3, 0.4) is 0 Å². The lowest BCUT2D eigenvalue weighted by atomic mass is 10.0. The molecule has 0 aliphatic rings. The van der Waals surface area contributed by atoms with Crippen molar-refractivity contribution in [2.24, 2.45) is 5.73 Å². The quantitative estimate of drug-likeness (QED) is 0.0353. The third-order valence-electron chi connectivity index (χ3n) is 13.5. The van der Waals surface area contributed by atoms with Gasteiger partial charge in [-0.15, -0.1) is 0 Å². The van der Waals surface area contributed by atoms with Gasteiger partial charge in [-0.25, -0.2) is 4.57 Å². The Hall–Kier alpha value is -0.500. The van der Waals surface area contributed by atoms with Gasteiger partial charge in [0.05, 0.1) is 25.4 Å². The molecule has 0 fully saturated rings. The summed E-state index contributed by atoms with van der Waals surface area (Å²) < 4.78 is 22.2. The van der Waals surface area contributed by atoms with Gasteiger partial charge < -0.3 is 21.1 Å². The van der Waals surface area contributed by atoms with Crippen LogP contribution in [-0.4, -0.2) is 47.8 Å². The molecule has 0 heterocycles. The molecule has 0 aromatic heterocycles. The van der Waals surface area contributed by atoms with Crippen LogP contribution in [0.5, 0.6) is 0 Å². The monoisotopic (exact) mass is 929 g/mol. The molecule has 0 aliphatic heterocycles. The second-order valence-corrected chi connectivity index (χ2v) is 21.3. The summed E-state index contributed by atoms with van der Waals surface area (Å²) in [6.45, 7) is 4.25. The summed E-state index contributed by atoms with van der Waals surface area (Å²) in [7, 11) is -4.31. The molecule has 0 bridgehead atoms. The Bertz CT molecular complexity index is 973. The maximum absolute atomic E-state index is 12.8. The zero-order chi connectivity index (χ0) is 46.7. The summed E-state index contributed by atoms with van der Waals surface area (Å²) >= 11 is 0. The summed E-state index contributed by atoms with van der Waals surface area (Å²) in [5.41, 5.74) is 5.39. The number of hydrogen-bond donors (Lipinski definition) is 4. The summed E-state index contributed by atoms with van der Waals surface area (Å²) in [4.78, 5) is 22.8. The summed E-state index contributed by atoms with van der Waals surface area (Å²) in [5, 5.41) is 13.8. The molecule has 5 N–H and O–H groups in total. The molecular formula is C55H113N2O6P. The highest BCUT2D eigenvalue weighted by Gasteiger charge is 2.27. The van der Waals surface area contributed by atoms with E-state index >= 15 is 0 Å². The molecule has 3 atom stereocenters. The second-order valence-electron chi connectivity index (χ2n) is 19.9. The van der Waals surface area contributed by atoms with Crippen LogP contribution in [0.1, 0.15) is 316 Å². The molecule has 0 aromatic rings. The van der Waals surface area contributed by atoms with E-state index in [4.69, 9.17) is 14.8 Å². The van der Waals surface area contributed by atoms with Crippen LogP contribution in [0, 0.1) is 0 Å². The maximum atomic E-state index is 12.8. The van der Waals surface area contributed by atoms with E-state index in [1.807, 2.05) is 0 Å². The average Bonchev–Trinajstić information content (AvgIpc) is 3.29. The number of amides is 1. The molecule has 1 unspecified atom stereocenters. The largest absolute Gasteiger partial charge is 0.472 e. The van der Waals surface area contributed by atoms with E-state index in [9.17, 15) is 19.4 Å². The molecule has 0 saturated carbocycles. The van der Waals surface area contributed by atoms with Crippen LogP contribution < -0.4 is 11.1 Å². The number of aliphatic hydroxyl groups is 1. The molecule has 64 heavy (non-hydrogen) atoms. The molecule has 1 amide bonds. The van der Waals surface area contributed by atoms with Crippen molar-refractivity contribution in [3.8, 4) is 0 Å². The molecule has 9 heteroatoms. The normalized spacial score (nSPS) is 13.6. The van der Waals surface area contributed by atoms with Gasteiger partial charge in [0.25, 0.3) is 0 Å². The van der Waals surface area contributed by atoms with E-state index in [1.165, 1.54) is 250 Å². The number of nitrogens with two attached hydrogens (primary N) is 1. The zero-order valence-corrected chi connectivity index (χ0v) is 44.0. The Balaban J connectivity index is 3.71. The number of carbonyl (C=O) groups is 1. The summed E-state index contributed by atoms with van der Waals surface area (Å²) in [6.07, 6.45) is 60.4. The Morgan fingerprint density at radius 1 is 0.453 bits per heavy atom. The molecule has 0 aliphatic carbocycles. The molecule has 0 aromatic carbocycles. The van der Waals surface area contributed by atoms with Crippen LogP contribution in [-0.2, 0) is 18.4 Å². The van der Waals surface area contributed by atoms with Crippen molar-refractivity contribution >= 4 is 13.7 Å². The van der Waals surface area contributed by atoms with Crippen molar-refractivity contribution in [2.75, 3.05) is 19.8 Å². The standard InChI is InChI=1S/C55H113N2O6P/c1-3-5-7-9-11-13-15-16-17-18-19-20-21-22-23-24-25-26-27-28-29-30-31-32-33-34-35-36-37-39-41-43-45-47-49-55(59)57-53(52-63-64(60,61)62-51-50-56)54(58)48-46-44-42-40-38-14-12-10-8-6-4-2/h53-54,58H,3-52,56H2,1-2H3,(H,57,59)(H,60,61)/t53-,54+/m0/s1. The number of phosphoric ester groups is 1. The van der Waals surface area contributed by atoms with Crippen LogP contribution >= 0.6 is 7.82 Å². The third kappa shape index (κ3) is 49.4. The number of rotatable bonds is 55. The van der Waals surface area contributed by atoms with Gasteiger partial charge in [-0.05, 0) is 12.8 Å². The molecule has 8 nitrogen and oxygen atoms in total. The zero-order valence-electron chi connectivity index (χ0n) is 43.1. The summed E-state index contributed by atoms with van der Waals surface area (Å²) in [6, 6.07) is -0.768. The minimum atomic E-state index is -4.31. The highest BCUT2D eigenvalue weighted by Crippen LogP contribution is 2.43. The number of aliphatic hydroxyl groups excluding tert-OH is 1. The highest BCUT2D eigenvalue weighted by atomic mass is 31.2. The third-order valence-corrected chi connectivity index (χ3v) is 14.4. The first-order chi connectivity index (χ1) is 31.4. The number of phosphoric acid groups is 1. The number of carbonyl (C=O) groups excluding carboxylic acids is 1. The minimum Gasteiger partial charge on any atom is -0.391 e. The van der Waals surface area contributed by atoms with Crippen molar-refractivity contribution in [1.82, 2.24) is 5.32 Å². The Morgan fingerprint density at radius 2 is 0.719 bits per heavy atom. The van der Waals surface area contributed by atoms with E-state index in [0.717, 1.165) is 38.5 Å². The van der Waals surface area contributed by atoms with Gasteiger partial charge in [0, 0.05) is 13.0 Å². The number of nitrogens with one attached hydrogen (secondary N) is 1. The van der Waals surface area contributed by atoms with Crippen molar-refractivity contribution in [3.05, 3.63) is 0 Å². The van der Waals surface area contributed by atoms with Crippen molar-refractivity contribution in [3.63, 3.8) is 0 Å². The van der Waals surface area contributed by atoms with E-state index in [0.29, 0.717) is 12.8 Å². The van der Waals surface area contributed by atoms with Gasteiger partial charge >= 0.3 is 7.82 Å². The van der Waals surface area contributed by atoms with Gasteiger partial charge in [-0.3, -0.25) is 13.8 Å². The second kappa shape index (κ2) is 51.9. The van der Waals surface area contributed by atoms with Gasteiger partial charge in [0.1, 0.15) is 0 Å². The predicted molar refractivity (Wildman–Crippen MR) is 277 cm³/mol. The number of unbranched alkanes of at least 4 members (excludes halogenated alkanes) is 43. The Kier molecular flexibility index (Phi) is 51.5. The van der Waals surface area contributed by atoms with Crippen LogP contribution in [0.4, 0.5) is 0 Å². The first-order valence-electron chi connectivity index (χ1n) is 28.7. The van der Waals surface area contributed by atoms with E-state index < -0.39 is 20.0 Å². The SMILES string of the molecule is CCCCCCCCCCCCCCCCCCCCCCCCCCCCCCCCCCCCC(=O)N[C@@H](COP(=O)(O)OCCN)[C@H](O)CCCCCCCCCCCCC. The van der Waals surface area contributed by atoms with Crippen LogP contribution in [0.25, 0.3) is 0 Å². The van der Waals surface area contributed by atoms with Gasteiger partial charge in [-0.2, -0.15) is 0 Å². The molecule has 0 rings (SSSR count). The average molecular weight is 929 g/mol. The fraction of sp³-hybridized carbons (Fsp3) is 0.982. The fourth-order valence-electron chi connectivity index (χ4n) is 9.14. The summed E-state index contributed by atoms with van der Waals surface area (Å²) in [5.74, 6) is -0.155. The van der Waals surface area contributed by atoms with E-state index in [-0.39, 0.29) is 25.7 Å². The van der Waals surface area contributed by atoms with Crippen molar-refractivity contribution < 1.29 is 28.4 Å². The lowest BCUT2D eigenvalue weighted by Gasteiger charge is -2.25. The maximum Gasteiger partial charge on any atom is 0.472 e. The Morgan fingerprint density at radius 3 is 1.00 bits per heavy atom. The predicted octanol–water partition coefficient (Wildman–Crippen LogP) is 17.3. The van der Waals surface area contributed by atoms with E-state index in [2.05, 4.69) is 19.2 Å². The van der Waals surface area contributed by atoms with Gasteiger partial charge in [-0.1, -0.05) is 296 Å². The topological polar surface area (TPSA) is 131 Å². The lowest BCUT2D eigenvalue weighted by Crippen LogP contribution is -2.46. The van der Waals surface area contributed by atoms with Gasteiger partial charge in [0.15, 0.2) is 0 Å². The van der Waals surface area contributed by atoms with Crippen molar-refractivity contribution in [1.29, 1.82) is 0 Å². The van der Waals surface area contributed by atoms with Gasteiger partial charge in [0.2, 0.25) is 5.91 Å². The van der Waals surface area contributed by atoms with E-state index in [1.54, 1.807) is 0 Å². The van der Waals surface area contributed by atoms with Crippen LogP contribution in [0.2, 0.25) is 0 Å². The molecule has 0 radical (unpaired) electrons. The smallest absolute Gasteiger partial charge is 0.391 e. The first kappa shape index (κ1) is 63.5. The molecule has 384 valence electrons. The Labute approximate surface area is 399 Å². The molecular weight excluding hydrogens is 816 g/mol. The van der Waals surface area contributed by atoms with Crippen molar-refractivity contribution in [2.45, 2.75) is 328 Å². The minimum absolute atomic E-state index is 0.0926. The first-order valence-corrected chi connectivity index (χ1v) is 30.1. The molecule has 0 spiro atoms. The fourth-order valence-corrected chi connectivity index (χ4v) is 9.90. The number of hydrogen-bond acceptors (Lipinski definition) is 6. The highest BCUT2D eigenvalue weighted by molar-refractivity contribution is 7.47. The molecule has 0 saturated heterocycles. The van der Waals surface area contributed by atoms with Crippen LogP contribution in [0.15, 0.2) is 0 Å².